The zero-order chi connectivity index (χ0) is 36.3. The van der Waals surface area contributed by atoms with Gasteiger partial charge in [0.05, 0.1) is 36.1 Å². The minimum atomic E-state index is -4.61. The second kappa shape index (κ2) is 17.7. The van der Waals surface area contributed by atoms with Gasteiger partial charge in [-0.2, -0.15) is 5.06 Å². The lowest BCUT2D eigenvalue weighted by molar-refractivity contribution is -0.171. The lowest BCUT2D eigenvalue weighted by atomic mass is 9.90. The number of rotatable bonds is 18. The summed E-state index contributed by atoms with van der Waals surface area (Å²) in [6.45, 7) is 6.20. The van der Waals surface area contributed by atoms with Crippen molar-refractivity contribution >= 4 is 37.1 Å². The standard InChI is InChI=1S/C34H42N3O12P/c1-4-7-8-9-26(27(5-2)37(21-38)49-34(41)22-10-11-29-31(18-22)47-15-14-46-29)32(39)35-20-36-33(40)30-13-12-28(48-30)23-16-24(45-6-3)19-25(17-23)50(42,43)44/h10-13,16-19,21,26-27H,4-9,14-15,20H2,1-3H3,(H,35,39)(H,36,40)(H2,42,43,44). The first-order valence-electron chi connectivity index (χ1n) is 16.3. The predicted molar refractivity (Wildman–Crippen MR) is 180 cm³/mol. The normalized spacial score (nSPS) is 13.5. The van der Waals surface area contributed by atoms with E-state index in [0.29, 0.717) is 44.0 Å². The highest BCUT2D eigenvalue weighted by atomic mass is 31.2. The van der Waals surface area contributed by atoms with Gasteiger partial charge in [0.2, 0.25) is 12.3 Å². The van der Waals surface area contributed by atoms with E-state index in [4.69, 9.17) is 23.5 Å². The minimum absolute atomic E-state index is 0.113. The number of benzene rings is 2. The minimum Gasteiger partial charge on any atom is -0.494 e. The monoisotopic (exact) mass is 715 g/mol. The van der Waals surface area contributed by atoms with Crippen LogP contribution in [-0.4, -0.2) is 71.6 Å². The summed E-state index contributed by atoms with van der Waals surface area (Å²) in [5, 5.41) is 5.82. The highest BCUT2D eigenvalue weighted by Gasteiger charge is 2.34. The third kappa shape index (κ3) is 9.87. The number of ether oxygens (including phenoxy) is 3. The lowest BCUT2D eigenvalue weighted by Gasteiger charge is -2.32. The molecule has 2 heterocycles. The van der Waals surface area contributed by atoms with Gasteiger partial charge >= 0.3 is 13.6 Å². The molecule has 2 aromatic carbocycles. The number of nitrogens with one attached hydrogen (secondary N) is 2. The molecule has 0 saturated carbocycles. The van der Waals surface area contributed by atoms with Crippen molar-refractivity contribution in [2.45, 2.75) is 58.9 Å². The van der Waals surface area contributed by atoms with Gasteiger partial charge < -0.3 is 43.9 Å². The van der Waals surface area contributed by atoms with Gasteiger partial charge in [0.1, 0.15) is 24.7 Å². The van der Waals surface area contributed by atoms with E-state index in [1.54, 1.807) is 19.9 Å². The molecule has 0 radical (unpaired) electrons. The molecule has 4 rings (SSSR count). The van der Waals surface area contributed by atoms with Gasteiger partial charge in [-0.15, -0.1) is 0 Å². The van der Waals surface area contributed by atoms with E-state index in [-0.39, 0.29) is 53.4 Å². The highest BCUT2D eigenvalue weighted by Crippen LogP contribution is 2.37. The van der Waals surface area contributed by atoms with Crippen LogP contribution in [0.5, 0.6) is 17.2 Å². The topological polar surface area (TPSA) is 203 Å². The van der Waals surface area contributed by atoms with Crippen molar-refractivity contribution in [3.05, 3.63) is 59.9 Å². The molecule has 3 amide bonds. The Labute approximate surface area is 289 Å². The van der Waals surface area contributed by atoms with Gasteiger partial charge in [0.15, 0.2) is 17.3 Å². The Bertz CT molecular complexity index is 1700. The Morgan fingerprint density at radius 3 is 2.42 bits per heavy atom. The third-order valence-electron chi connectivity index (χ3n) is 7.90. The van der Waals surface area contributed by atoms with Crippen LogP contribution < -0.4 is 30.1 Å². The van der Waals surface area contributed by atoms with Crippen LogP contribution in [0.4, 0.5) is 0 Å². The molecule has 0 bridgehead atoms. The summed E-state index contributed by atoms with van der Waals surface area (Å²) in [6.07, 6.45) is 3.43. The summed E-state index contributed by atoms with van der Waals surface area (Å²) >= 11 is 0. The van der Waals surface area contributed by atoms with Gasteiger partial charge in [-0.25, -0.2) is 4.79 Å². The predicted octanol–water partition coefficient (Wildman–Crippen LogP) is 3.93. The smallest absolute Gasteiger partial charge is 0.363 e. The molecule has 0 fully saturated rings. The van der Waals surface area contributed by atoms with Crippen molar-refractivity contribution in [2.75, 3.05) is 26.5 Å². The van der Waals surface area contributed by atoms with E-state index >= 15 is 0 Å². The zero-order valence-corrected chi connectivity index (χ0v) is 29.0. The number of furan rings is 1. The molecule has 2 unspecified atom stereocenters. The van der Waals surface area contributed by atoms with E-state index in [2.05, 4.69) is 10.6 Å². The first kappa shape index (κ1) is 38.0. The molecular formula is C34H42N3O12P. The number of carbonyl (C=O) groups is 4. The zero-order valence-electron chi connectivity index (χ0n) is 28.1. The Morgan fingerprint density at radius 2 is 1.74 bits per heavy atom. The Morgan fingerprint density at radius 1 is 0.980 bits per heavy atom. The summed E-state index contributed by atoms with van der Waals surface area (Å²) in [5.74, 6) is -1.58. The van der Waals surface area contributed by atoms with Crippen molar-refractivity contribution < 1.29 is 57.0 Å². The summed E-state index contributed by atoms with van der Waals surface area (Å²) in [7, 11) is -4.61. The maximum absolute atomic E-state index is 13.5. The van der Waals surface area contributed by atoms with Crippen molar-refractivity contribution in [1.82, 2.24) is 15.7 Å². The third-order valence-corrected chi connectivity index (χ3v) is 8.83. The molecule has 3 aromatic rings. The number of amides is 3. The summed E-state index contributed by atoms with van der Waals surface area (Å²) in [5.41, 5.74) is 0.424. The molecule has 0 saturated heterocycles. The van der Waals surface area contributed by atoms with Gasteiger partial charge in [-0.05, 0) is 68.3 Å². The molecule has 1 aliphatic heterocycles. The first-order valence-corrected chi connectivity index (χ1v) is 18.0. The maximum atomic E-state index is 13.5. The van der Waals surface area contributed by atoms with Crippen molar-refractivity contribution in [3.63, 3.8) is 0 Å². The van der Waals surface area contributed by atoms with Gasteiger partial charge in [0.25, 0.3) is 5.91 Å². The fourth-order valence-electron chi connectivity index (χ4n) is 5.43. The first-order chi connectivity index (χ1) is 24.0. The molecule has 4 N–H and O–H groups in total. The van der Waals surface area contributed by atoms with Crippen LogP contribution in [0, 0.1) is 5.92 Å². The molecule has 1 aliphatic rings. The number of hydroxylamine groups is 2. The van der Waals surface area contributed by atoms with Crippen molar-refractivity contribution in [2.24, 2.45) is 5.92 Å². The number of carbonyl (C=O) groups excluding carboxylic acids is 4. The maximum Gasteiger partial charge on any atom is 0.363 e. The van der Waals surface area contributed by atoms with Crippen LogP contribution >= 0.6 is 7.60 Å². The fraction of sp³-hybridized carbons (Fsp3) is 0.412. The number of unbranched alkanes of at least 4 members (excludes halogenated alkanes) is 2. The van der Waals surface area contributed by atoms with Crippen molar-refractivity contribution in [1.29, 1.82) is 0 Å². The van der Waals surface area contributed by atoms with Crippen LogP contribution in [0.3, 0.4) is 0 Å². The molecule has 270 valence electrons. The number of fused-ring (bicyclic) bond motifs is 1. The second-order valence-corrected chi connectivity index (χ2v) is 13.0. The lowest BCUT2D eigenvalue weighted by Crippen LogP contribution is -2.49. The van der Waals surface area contributed by atoms with Gasteiger partial charge in [-0.1, -0.05) is 33.1 Å². The van der Waals surface area contributed by atoms with Crippen LogP contribution in [-0.2, 0) is 19.0 Å². The molecular weight excluding hydrogens is 673 g/mol. The summed E-state index contributed by atoms with van der Waals surface area (Å²) in [6, 6.07) is 10.6. The Kier molecular flexibility index (Phi) is 13.4. The SMILES string of the molecule is CCCCCC(C(=O)NCNC(=O)c1ccc(-c2cc(OCC)cc(P(=O)(O)O)c2)o1)C(CC)N(C=O)OC(=O)c1ccc2c(c1)OCCO2. The van der Waals surface area contributed by atoms with Crippen LogP contribution in [0.15, 0.2) is 52.9 Å². The average molecular weight is 716 g/mol. The summed E-state index contributed by atoms with van der Waals surface area (Å²) in [4.78, 5) is 76.5. The molecule has 0 aliphatic carbocycles. The number of hydrogen-bond donors (Lipinski definition) is 4. The van der Waals surface area contributed by atoms with Gasteiger partial charge in [-0.3, -0.25) is 18.9 Å². The van der Waals surface area contributed by atoms with Crippen LogP contribution in [0.2, 0.25) is 0 Å². The Balaban J connectivity index is 1.41. The van der Waals surface area contributed by atoms with Crippen LogP contribution in [0.1, 0.15) is 73.8 Å². The van der Waals surface area contributed by atoms with Gasteiger partial charge in [0, 0.05) is 5.56 Å². The van der Waals surface area contributed by atoms with E-state index in [1.165, 1.54) is 42.5 Å². The van der Waals surface area contributed by atoms with E-state index in [0.717, 1.165) is 17.9 Å². The van der Waals surface area contributed by atoms with E-state index in [9.17, 15) is 33.5 Å². The fourth-order valence-corrected chi connectivity index (χ4v) is 6.03. The second-order valence-electron chi connectivity index (χ2n) is 11.4. The molecule has 0 spiro atoms. The molecule has 15 nitrogen and oxygen atoms in total. The number of nitrogens with zero attached hydrogens (tertiary/aromatic N) is 1. The van der Waals surface area contributed by atoms with E-state index < -0.39 is 37.3 Å². The number of hydrogen-bond acceptors (Lipinski definition) is 10. The average Bonchev–Trinajstić information content (AvgIpc) is 3.61. The summed E-state index contributed by atoms with van der Waals surface area (Å²) < 4.78 is 34.0. The van der Waals surface area contributed by atoms with E-state index in [1.807, 2.05) is 6.92 Å². The largest absolute Gasteiger partial charge is 0.494 e. The highest BCUT2D eigenvalue weighted by molar-refractivity contribution is 7.60. The molecule has 50 heavy (non-hydrogen) atoms. The molecule has 1 aromatic heterocycles. The molecule has 2 atom stereocenters. The quantitative estimate of drug-likeness (QED) is 0.0487. The molecule has 16 heteroatoms. The van der Waals surface area contributed by atoms with Crippen LogP contribution in [0.25, 0.3) is 11.3 Å². The van der Waals surface area contributed by atoms with Crippen molar-refractivity contribution in [3.8, 4) is 28.6 Å². The Hall–Kier alpha value is -4.85.